The minimum atomic E-state index is -0.709. The van der Waals surface area contributed by atoms with E-state index < -0.39 is 6.10 Å². The third-order valence-corrected chi connectivity index (χ3v) is 3.53. The normalized spacial score (nSPS) is 16.7. The lowest BCUT2D eigenvalue weighted by atomic mass is 10.0. The maximum absolute atomic E-state index is 12.2. The third kappa shape index (κ3) is 3.33. The number of anilines is 1. The van der Waals surface area contributed by atoms with Crippen LogP contribution in [0.1, 0.15) is 25.3 Å². The number of aromatic nitrogens is 2. The van der Waals surface area contributed by atoms with Crippen molar-refractivity contribution < 1.29 is 14.7 Å². The van der Waals surface area contributed by atoms with E-state index in [2.05, 4.69) is 22.5 Å². The number of benzene rings is 1. The minimum Gasteiger partial charge on any atom is -0.507 e. The Hall–Kier alpha value is -2.83. The number of carbonyl (C=O) groups is 1. The van der Waals surface area contributed by atoms with Crippen molar-refractivity contribution in [1.29, 1.82) is 0 Å². The molecule has 1 aliphatic rings. The summed E-state index contributed by atoms with van der Waals surface area (Å²) >= 11 is 0. The van der Waals surface area contributed by atoms with Gasteiger partial charge in [0.25, 0.3) is 5.91 Å². The first-order chi connectivity index (χ1) is 11.2. The van der Waals surface area contributed by atoms with Gasteiger partial charge in [0.05, 0.1) is 17.6 Å². The molecular weight excluding hydrogens is 296 g/mol. The summed E-state index contributed by atoms with van der Waals surface area (Å²) in [4.78, 5) is 17.4. The van der Waals surface area contributed by atoms with Crippen molar-refractivity contribution in [3.63, 3.8) is 0 Å². The number of nitrogens with zero attached hydrogens (tertiary/aromatic N) is 3. The Morgan fingerprint density at radius 2 is 2.30 bits per heavy atom. The molecule has 0 saturated heterocycles. The zero-order chi connectivity index (χ0) is 16.2. The molecule has 0 saturated carbocycles. The Morgan fingerprint density at radius 1 is 1.48 bits per heavy atom. The largest absolute Gasteiger partial charge is 0.507 e. The number of oxime groups is 1. The van der Waals surface area contributed by atoms with E-state index in [9.17, 15) is 9.90 Å². The number of aryl methyl sites for hydroxylation is 1. The quantitative estimate of drug-likeness (QED) is 0.885. The molecule has 1 atom stereocenters. The summed E-state index contributed by atoms with van der Waals surface area (Å²) in [7, 11) is 0. The SMILES string of the molecule is CCCn1cc(NC(=O)C2CC(c3ccccc3O)=NO2)cn1. The minimum absolute atomic E-state index is 0.122. The van der Waals surface area contributed by atoms with E-state index >= 15 is 0 Å². The van der Waals surface area contributed by atoms with Crippen LogP contribution in [-0.4, -0.2) is 32.6 Å². The maximum atomic E-state index is 12.2. The summed E-state index contributed by atoms with van der Waals surface area (Å²) in [6.07, 6.45) is 3.96. The van der Waals surface area contributed by atoms with Gasteiger partial charge in [-0.05, 0) is 18.6 Å². The van der Waals surface area contributed by atoms with Crippen molar-refractivity contribution in [1.82, 2.24) is 9.78 Å². The number of phenols is 1. The maximum Gasteiger partial charge on any atom is 0.268 e. The van der Waals surface area contributed by atoms with Gasteiger partial charge in [-0.1, -0.05) is 24.2 Å². The van der Waals surface area contributed by atoms with Crippen LogP contribution in [-0.2, 0) is 16.2 Å². The Labute approximate surface area is 133 Å². The van der Waals surface area contributed by atoms with Gasteiger partial charge in [-0.2, -0.15) is 5.10 Å². The van der Waals surface area contributed by atoms with E-state index in [0.717, 1.165) is 13.0 Å². The average molecular weight is 314 g/mol. The molecule has 7 heteroatoms. The summed E-state index contributed by atoms with van der Waals surface area (Å²) in [6, 6.07) is 6.85. The molecule has 0 fully saturated rings. The van der Waals surface area contributed by atoms with Crippen LogP contribution in [0.3, 0.4) is 0 Å². The van der Waals surface area contributed by atoms with Crippen molar-refractivity contribution in [3.05, 3.63) is 42.2 Å². The highest BCUT2D eigenvalue weighted by Gasteiger charge is 2.30. The number of carbonyl (C=O) groups excluding carboxylic acids is 1. The molecule has 0 spiro atoms. The highest BCUT2D eigenvalue weighted by Crippen LogP contribution is 2.24. The lowest BCUT2D eigenvalue weighted by Crippen LogP contribution is -2.27. The molecule has 1 aromatic heterocycles. The van der Waals surface area contributed by atoms with Gasteiger partial charge in [-0.15, -0.1) is 0 Å². The van der Waals surface area contributed by atoms with Crippen LogP contribution in [0.15, 0.2) is 41.8 Å². The van der Waals surface area contributed by atoms with Crippen LogP contribution in [0.4, 0.5) is 5.69 Å². The monoisotopic (exact) mass is 314 g/mol. The predicted molar refractivity (Wildman–Crippen MR) is 85.3 cm³/mol. The number of aromatic hydroxyl groups is 1. The van der Waals surface area contributed by atoms with Crippen molar-refractivity contribution in [3.8, 4) is 5.75 Å². The molecule has 1 amide bonds. The van der Waals surface area contributed by atoms with Gasteiger partial charge in [0, 0.05) is 24.7 Å². The highest BCUT2D eigenvalue weighted by atomic mass is 16.6. The predicted octanol–water partition coefficient (Wildman–Crippen LogP) is 2.13. The summed E-state index contributed by atoms with van der Waals surface area (Å²) in [6.45, 7) is 2.86. The third-order valence-electron chi connectivity index (χ3n) is 3.53. The van der Waals surface area contributed by atoms with Gasteiger partial charge in [0.15, 0.2) is 0 Å². The van der Waals surface area contributed by atoms with Crippen LogP contribution in [0.2, 0.25) is 0 Å². The first-order valence-corrected chi connectivity index (χ1v) is 7.51. The topological polar surface area (TPSA) is 88.7 Å². The van der Waals surface area contributed by atoms with Crippen LogP contribution in [0, 0.1) is 0 Å². The lowest BCUT2D eigenvalue weighted by molar-refractivity contribution is -0.125. The van der Waals surface area contributed by atoms with Crippen LogP contribution < -0.4 is 5.32 Å². The van der Waals surface area contributed by atoms with E-state index in [0.29, 0.717) is 23.4 Å². The summed E-state index contributed by atoms with van der Waals surface area (Å²) in [5.74, 6) is -0.160. The second-order valence-corrected chi connectivity index (χ2v) is 5.33. The summed E-state index contributed by atoms with van der Waals surface area (Å²) in [5, 5.41) is 20.7. The summed E-state index contributed by atoms with van der Waals surface area (Å²) in [5.41, 5.74) is 1.77. The molecule has 0 bridgehead atoms. The van der Waals surface area contributed by atoms with E-state index in [-0.39, 0.29) is 11.7 Å². The molecule has 3 rings (SSSR count). The molecule has 2 N–H and O–H groups in total. The number of amides is 1. The Morgan fingerprint density at radius 3 is 3.09 bits per heavy atom. The molecule has 1 aromatic carbocycles. The van der Waals surface area contributed by atoms with Crippen molar-refractivity contribution in [2.75, 3.05) is 5.32 Å². The molecule has 2 heterocycles. The fourth-order valence-corrected chi connectivity index (χ4v) is 2.40. The fourth-order valence-electron chi connectivity index (χ4n) is 2.40. The Balaban J connectivity index is 1.61. The molecule has 23 heavy (non-hydrogen) atoms. The number of nitrogens with one attached hydrogen (secondary N) is 1. The first-order valence-electron chi connectivity index (χ1n) is 7.51. The van der Waals surface area contributed by atoms with Gasteiger partial charge in [-0.25, -0.2) is 0 Å². The second-order valence-electron chi connectivity index (χ2n) is 5.33. The number of rotatable bonds is 5. The van der Waals surface area contributed by atoms with Gasteiger partial charge >= 0.3 is 0 Å². The molecule has 1 aliphatic heterocycles. The average Bonchev–Trinajstić information content (AvgIpc) is 3.18. The molecule has 1 unspecified atom stereocenters. The van der Waals surface area contributed by atoms with Gasteiger partial charge < -0.3 is 15.3 Å². The van der Waals surface area contributed by atoms with Gasteiger partial charge in [0.1, 0.15) is 5.75 Å². The molecule has 7 nitrogen and oxygen atoms in total. The van der Waals surface area contributed by atoms with Crippen molar-refractivity contribution in [2.45, 2.75) is 32.4 Å². The van der Waals surface area contributed by atoms with Crippen LogP contribution in [0.5, 0.6) is 5.75 Å². The zero-order valence-electron chi connectivity index (χ0n) is 12.8. The van der Waals surface area contributed by atoms with Gasteiger partial charge in [0.2, 0.25) is 6.10 Å². The molecule has 120 valence electrons. The first kappa shape index (κ1) is 15.1. The molecule has 0 radical (unpaired) electrons. The van der Waals surface area contributed by atoms with Crippen LogP contribution in [0.25, 0.3) is 0 Å². The Bertz CT molecular complexity index is 738. The second kappa shape index (κ2) is 6.51. The number of hydrogen-bond donors (Lipinski definition) is 2. The van der Waals surface area contributed by atoms with E-state index in [1.807, 2.05) is 0 Å². The highest BCUT2D eigenvalue weighted by molar-refractivity contribution is 6.07. The van der Waals surface area contributed by atoms with Gasteiger partial charge in [-0.3, -0.25) is 9.48 Å². The fraction of sp³-hybridized carbons (Fsp3) is 0.312. The number of hydrogen-bond acceptors (Lipinski definition) is 5. The smallest absolute Gasteiger partial charge is 0.268 e. The van der Waals surface area contributed by atoms with E-state index in [4.69, 9.17) is 4.84 Å². The molecule has 0 aliphatic carbocycles. The van der Waals surface area contributed by atoms with Crippen LogP contribution >= 0.6 is 0 Å². The summed E-state index contributed by atoms with van der Waals surface area (Å²) < 4.78 is 1.77. The molecular formula is C16H18N4O3. The number of phenolic OH excluding ortho intramolecular Hbond substituents is 1. The van der Waals surface area contributed by atoms with E-state index in [1.54, 1.807) is 41.3 Å². The zero-order valence-corrected chi connectivity index (χ0v) is 12.8. The Kier molecular flexibility index (Phi) is 4.27. The number of para-hydroxylation sites is 1. The van der Waals surface area contributed by atoms with Crippen molar-refractivity contribution >= 4 is 17.3 Å². The van der Waals surface area contributed by atoms with Crippen molar-refractivity contribution in [2.24, 2.45) is 5.16 Å². The van der Waals surface area contributed by atoms with E-state index in [1.165, 1.54) is 0 Å². The lowest BCUT2D eigenvalue weighted by Gasteiger charge is -2.07. The standard InChI is InChI=1S/C16H18N4O3/c1-2-7-20-10-11(9-17-20)18-16(22)15-8-13(19-23-15)12-5-3-4-6-14(12)21/h3-6,9-10,15,21H,2,7-8H2,1H3,(H,18,22). The molecule has 2 aromatic rings.